The number of benzene rings is 6. The molecule has 0 saturated carbocycles. The third-order valence-corrected chi connectivity index (χ3v) is 14.2. The lowest BCUT2D eigenvalue weighted by atomic mass is 9.99. The van der Waals surface area contributed by atoms with E-state index < -0.39 is 0 Å². The van der Waals surface area contributed by atoms with Gasteiger partial charge in [-0.15, -0.1) is 24.8 Å². The quantitative estimate of drug-likeness (QED) is 0.122. The minimum Gasteiger partial charge on any atom is -0.371 e. The topological polar surface area (TPSA) is 38.7 Å². The van der Waals surface area contributed by atoms with Crippen LogP contribution in [0.15, 0.2) is 170 Å². The smallest absolute Gasteiger partial charge is 0.0730 e. The Bertz CT molecular complexity index is 2580. The van der Waals surface area contributed by atoms with Crippen LogP contribution in [0.2, 0.25) is 0 Å². The average molecular weight is 944 g/mol. The van der Waals surface area contributed by atoms with Crippen LogP contribution in [-0.2, 0) is 0 Å². The molecule has 2 aliphatic heterocycles. The number of para-hydroxylation sites is 2. The molecular formula is C60H68Cl2N6. The van der Waals surface area contributed by atoms with Crippen LogP contribution in [0, 0.1) is 0 Å². The van der Waals surface area contributed by atoms with Crippen LogP contribution in [0.25, 0.3) is 66.6 Å². The number of piperidine rings is 2. The molecule has 0 unspecified atom stereocenters. The number of hydrogen-bond donors (Lipinski definition) is 0. The SMILES string of the molecule is CCN(CC)C1CCN(c2cc(-c3ccc(-c4ccccc4)cc3)nc3ccccc23)CC1.CCN(CC)C1CCN(c2cc(-c3ccc(-c4ccccc4)cc3)nc3ccccc23)CC1.Cl.Cl. The van der Waals surface area contributed by atoms with Crippen LogP contribution in [0.4, 0.5) is 11.4 Å². The Morgan fingerprint density at radius 2 is 0.676 bits per heavy atom. The first-order valence-electron chi connectivity index (χ1n) is 24.6. The molecule has 10 rings (SSSR count). The van der Waals surface area contributed by atoms with Crippen LogP contribution in [0.1, 0.15) is 53.4 Å². The van der Waals surface area contributed by atoms with E-state index in [0.29, 0.717) is 12.1 Å². The van der Waals surface area contributed by atoms with Crippen LogP contribution in [-0.4, -0.2) is 84.2 Å². The van der Waals surface area contributed by atoms with Gasteiger partial charge in [0.2, 0.25) is 0 Å². The van der Waals surface area contributed by atoms with Crippen molar-refractivity contribution in [2.24, 2.45) is 0 Å². The Morgan fingerprint density at radius 1 is 0.382 bits per heavy atom. The maximum absolute atomic E-state index is 5.04. The highest BCUT2D eigenvalue weighted by Crippen LogP contribution is 2.36. The molecule has 0 spiro atoms. The zero-order valence-electron chi connectivity index (χ0n) is 40.3. The van der Waals surface area contributed by atoms with Gasteiger partial charge in [-0.2, -0.15) is 0 Å². The van der Waals surface area contributed by atoms with Gasteiger partial charge in [-0.25, -0.2) is 9.97 Å². The van der Waals surface area contributed by atoms with Crippen LogP contribution >= 0.6 is 24.8 Å². The van der Waals surface area contributed by atoms with Gasteiger partial charge in [0.15, 0.2) is 0 Å². The molecule has 2 aliphatic rings. The number of hydrogen-bond acceptors (Lipinski definition) is 6. The van der Waals surface area contributed by atoms with Crippen molar-refractivity contribution in [2.45, 2.75) is 65.5 Å². The molecule has 8 aromatic rings. The number of anilines is 2. The third-order valence-electron chi connectivity index (χ3n) is 14.2. The highest BCUT2D eigenvalue weighted by molar-refractivity contribution is 5.95. The summed E-state index contributed by atoms with van der Waals surface area (Å²) < 4.78 is 0. The number of aromatic nitrogens is 2. The minimum absolute atomic E-state index is 0. The molecule has 0 aliphatic carbocycles. The lowest BCUT2D eigenvalue weighted by Crippen LogP contribution is -2.44. The maximum atomic E-state index is 5.04. The second-order valence-corrected chi connectivity index (χ2v) is 17.9. The first kappa shape index (κ1) is 50.1. The van der Waals surface area contributed by atoms with Gasteiger partial charge in [0.05, 0.1) is 22.4 Å². The summed E-state index contributed by atoms with van der Waals surface area (Å²) in [7, 11) is 0. The largest absolute Gasteiger partial charge is 0.371 e. The van der Waals surface area contributed by atoms with Crippen molar-refractivity contribution in [3.05, 3.63) is 170 Å². The molecule has 2 saturated heterocycles. The van der Waals surface area contributed by atoms with E-state index in [9.17, 15) is 0 Å². The zero-order valence-corrected chi connectivity index (χ0v) is 41.9. The van der Waals surface area contributed by atoms with Crippen molar-refractivity contribution in [1.82, 2.24) is 19.8 Å². The normalized spacial score (nSPS) is 14.4. The molecule has 0 bridgehead atoms. The zero-order chi connectivity index (χ0) is 45.2. The lowest BCUT2D eigenvalue weighted by molar-refractivity contribution is 0.186. The fourth-order valence-electron chi connectivity index (χ4n) is 10.5. The van der Waals surface area contributed by atoms with Gasteiger partial charge in [0.1, 0.15) is 0 Å². The minimum atomic E-state index is 0. The Labute approximate surface area is 417 Å². The molecule has 6 nitrogen and oxygen atoms in total. The number of pyridine rings is 2. The number of nitrogens with zero attached hydrogens (tertiary/aromatic N) is 6. The van der Waals surface area contributed by atoms with Gasteiger partial charge >= 0.3 is 0 Å². The Morgan fingerprint density at radius 3 is 1.01 bits per heavy atom. The predicted molar refractivity (Wildman–Crippen MR) is 296 cm³/mol. The Kier molecular flexibility index (Phi) is 17.7. The van der Waals surface area contributed by atoms with Gasteiger partial charge in [0, 0.05) is 71.5 Å². The first-order valence-corrected chi connectivity index (χ1v) is 24.6. The fraction of sp³-hybridized carbons (Fsp3) is 0.300. The number of halogens is 2. The second-order valence-electron chi connectivity index (χ2n) is 17.9. The van der Waals surface area contributed by atoms with Gasteiger partial charge in [-0.05, 0) is 98.4 Å². The van der Waals surface area contributed by atoms with E-state index in [1.807, 2.05) is 0 Å². The molecule has 2 fully saturated rings. The van der Waals surface area contributed by atoms with E-state index >= 15 is 0 Å². The maximum Gasteiger partial charge on any atom is 0.0730 e. The van der Waals surface area contributed by atoms with Gasteiger partial charge in [0.25, 0.3) is 0 Å². The predicted octanol–water partition coefficient (Wildman–Crippen LogP) is 14.6. The lowest BCUT2D eigenvalue weighted by Gasteiger charge is -2.39. The molecular weight excluding hydrogens is 876 g/mol. The summed E-state index contributed by atoms with van der Waals surface area (Å²) in [6, 6.07) is 61.9. The number of rotatable bonds is 12. The average Bonchev–Trinajstić information content (AvgIpc) is 3.40. The second kappa shape index (κ2) is 24.0. The number of fused-ring (bicyclic) bond motifs is 2. The van der Waals surface area contributed by atoms with Crippen molar-refractivity contribution in [3.63, 3.8) is 0 Å². The third kappa shape index (κ3) is 11.4. The summed E-state index contributed by atoms with van der Waals surface area (Å²) in [4.78, 5) is 20.5. The van der Waals surface area contributed by atoms with Gasteiger partial charge in [-0.1, -0.05) is 173 Å². The summed E-state index contributed by atoms with van der Waals surface area (Å²) in [6.07, 6.45) is 4.89. The van der Waals surface area contributed by atoms with Crippen LogP contribution < -0.4 is 9.80 Å². The van der Waals surface area contributed by atoms with E-state index in [1.54, 1.807) is 0 Å². The molecule has 0 atom stereocenters. The summed E-state index contributed by atoms with van der Waals surface area (Å²) in [5.41, 5.74) is 14.2. The monoisotopic (exact) mass is 942 g/mol. The molecule has 68 heavy (non-hydrogen) atoms. The highest BCUT2D eigenvalue weighted by Gasteiger charge is 2.26. The van der Waals surface area contributed by atoms with Crippen molar-refractivity contribution in [3.8, 4) is 44.8 Å². The molecule has 0 amide bonds. The van der Waals surface area contributed by atoms with E-state index in [2.05, 4.69) is 217 Å². The first-order chi connectivity index (χ1) is 32.5. The standard InChI is InChI=1S/2C30H33N3.2ClH/c2*1-3-32(4-2)26-18-20-33(21-19-26)30-22-29(31-28-13-9-8-12-27(28)30)25-16-14-24(15-17-25)23-10-6-5-7-11-23;;/h2*5-17,22,26H,3-4,18-21H2,1-2H3;2*1H. The summed E-state index contributed by atoms with van der Waals surface area (Å²) in [5.74, 6) is 0. The van der Waals surface area contributed by atoms with E-state index in [4.69, 9.17) is 9.97 Å². The van der Waals surface area contributed by atoms with Crippen LogP contribution in [0.3, 0.4) is 0 Å². The highest BCUT2D eigenvalue weighted by atomic mass is 35.5. The molecule has 4 heterocycles. The van der Waals surface area contributed by atoms with Gasteiger partial charge < -0.3 is 19.6 Å². The Hall–Kier alpha value is -5.76. The summed E-state index contributed by atoms with van der Waals surface area (Å²) in [5, 5.41) is 2.51. The molecule has 0 N–H and O–H groups in total. The van der Waals surface area contributed by atoms with Crippen molar-refractivity contribution in [1.29, 1.82) is 0 Å². The molecule has 352 valence electrons. The molecule has 6 aromatic carbocycles. The van der Waals surface area contributed by atoms with Crippen molar-refractivity contribution < 1.29 is 0 Å². The van der Waals surface area contributed by atoms with Crippen molar-refractivity contribution in [2.75, 3.05) is 62.2 Å². The summed E-state index contributed by atoms with van der Waals surface area (Å²) in [6.45, 7) is 18.1. The Balaban J connectivity index is 0.000000196. The molecule has 8 heteroatoms. The molecule has 2 aromatic heterocycles. The van der Waals surface area contributed by atoms with Gasteiger partial charge in [-0.3, -0.25) is 0 Å². The fourth-order valence-corrected chi connectivity index (χ4v) is 10.5. The van der Waals surface area contributed by atoms with Crippen molar-refractivity contribution >= 4 is 58.0 Å². The van der Waals surface area contributed by atoms with E-state index in [-0.39, 0.29) is 24.8 Å². The molecule has 0 radical (unpaired) electrons. The van der Waals surface area contributed by atoms with E-state index in [1.165, 1.54) is 81.2 Å². The van der Waals surface area contributed by atoms with Crippen LogP contribution in [0.5, 0.6) is 0 Å². The van der Waals surface area contributed by atoms with E-state index in [0.717, 1.165) is 74.8 Å². The summed E-state index contributed by atoms with van der Waals surface area (Å²) >= 11 is 0.